The molecule has 0 fully saturated rings. The second kappa shape index (κ2) is 9.47. The molecule has 7 heteroatoms. The Labute approximate surface area is 159 Å². The van der Waals surface area contributed by atoms with Gasteiger partial charge in [0.05, 0.1) is 27.0 Å². The van der Waals surface area contributed by atoms with Gasteiger partial charge in [-0.15, -0.1) is 0 Å². The van der Waals surface area contributed by atoms with E-state index < -0.39 is 6.04 Å². The molecule has 0 aliphatic heterocycles. The Morgan fingerprint density at radius 3 is 2.19 bits per heavy atom. The van der Waals surface area contributed by atoms with E-state index in [0.29, 0.717) is 17.2 Å². The van der Waals surface area contributed by atoms with Crippen LogP contribution in [0.3, 0.4) is 0 Å². The van der Waals surface area contributed by atoms with Gasteiger partial charge in [-0.3, -0.25) is 4.79 Å². The number of benzene rings is 2. The van der Waals surface area contributed by atoms with Gasteiger partial charge >= 0.3 is 0 Å². The van der Waals surface area contributed by atoms with Crippen molar-refractivity contribution in [2.75, 3.05) is 26.6 Å². The lowest BCUT2D eigenvalue weighted by Crippen LogP contribution is -2.35. The van der Waals surface area contributed by atoms with Gasteiger partial charge < -0.3 is 19.5 Å². The summed E-state index contributed by atoms with van der Waals surface area (Å²) in [6.07, 6.45) is 0. The van der Waals surface area contributed by atoms with Crippen molar-refractivity contribution in [1.29, 1.82) is 0 Å². The molecule has 0 bridgehead atoms. The summed E-state index contributed by atoms with van der Waals surface area (Å²) in [7, 11) is 4.77. The van der Waals surface area contributed by atoms with E-state index in [4.69, 9.17) is 14.2 Å². The molecule has 0 saturated heterocycles. The van der Waals surface area contributed by atoms with Crippen molar-refractivity contribution < 1.29 is 19.0 Å². The first-order valence-electron chi connectivity index (χ1n) is 8.45. The molecule has 2 aromatic carbocycles. The first-order chi connectivity index (χ1) is 13.0. The molecule has 0 aromatic heterocycles. The van der Waals surface area contributed by atoms with Crippen molar-refractivity contribution in [2.45, 2.75) is 19.9 Å². The molecule has 0 radical (unpaired) electrons. The standard InChI is InChI=1S/C20H25N3O4/c1-13(18-11-10-17(26-4)12-19(18)27-5)22-23-20(24)14(2)21-15-6-8-16(25-3)9-7-15/h6-12,14,21H,1-5H3,(H,23,24). The number of amides is 1. The van der Waals surface area contributed by atoms with E-state index in [1.807, 2.05) is 36.4 Å². The average molecular weight is 371 g/mol. The highest BCUT2D eigenvalue weighted by molar-refractivity contribution is 6.02. The van der Waals surface area contributed by atoms with E-state index in [2.05, 4.69) is 15.8 Å². The molecule has 2 N–H and O–H groups in total. The Bertz CT molecular complexity index is 803. The first kappa shape index (κ1) is 20.1. The summed E-state index contributed by atoms with van der Waals surface area (Å²) in [6, 6.07) is 12.3. The summed E-state index contributed by atoms with van der Waals surface area (Å²) in [5.74, 6) is 1.81. The second-order valence-corrected chi connectivity index (χ2v) is 5.83. The van der Waals surface area contributed by atoms with E-state index in [1.54, 1.807) is 41.2 Å². The molecular formula is C20H25N3O4. The molecule has 2 rings (SSSR count). The zero-order valence-electron chi connectivity index (χ0n) is 16.2. The zero-order valence-corrected chi connectivity index (χ0v) is 16.2. The molecule has 27 heavy (non-hydrogen) atoms. The van der Waals surface area contributed by atoms with E-state index in [9.17, 15) is 4.79 Å². The van der Waals surface area contributed by atoms with Crippen LogP contribution < -0.4 is 25.0 Å². The Balaban J connectivity index is 2.01. The van der Waals surface area contributed by atoms with Crippen molar-refractivity contribution in [3.63, 3.8) is 0 Å². The van der Waals surface area contributed by atoms with Gasteiger partial charge in [-0.25, -0.2) is 5.43 Å². The van der Waals surface area contributed by atoms with Crippen molar-refractivity contribution in [3.05, 3.63) is 48.0 Å². The minimum Gasteiger partial charge on any atom is -0.497 e. The van der Waals surface area contributed by atoms with Gasteiger partial charge in [-0.1, -0.05) is 0 Å². The highest BCUT2D eigenvalue weighted by Crippen LogP contribution is 2.25. The summed E-state index contributed by atoms with van der Waals surface area (Å²) >= 11 is 0. The van der Waals surface area contributed by atoms with Crippen LogP contribution in [0.15, 0.2) is 47.6 Å². The number of carbonyl (C=O) groups is 1. The molecule has 1 unspecified atom stereocenters. The number of nitrogens with one attached hydrogen (secondary N) is 2. The van der Waals surface area contributed by atoms with Gasteiger partial charge in [0, 0.05) is 17.3 Å². The minimum atomic E-state index is -0.465. The van der Waals surface area contributed by atoms with Crippen LogP contribution in [0.2, 0.25) is 0 Å². The number of hydrogen-bond donors (Lipinski definition) is 2. The lowest BCUT2D eigenvalue weighted by atomic mass is 10.1. The van der Waals surface area contributed by atoms with Crippen molar-refractivity contribution in [3.8, 4) is 17.2 Å². The molecule has 0 aliphatic carbocycles. The maximum atomic E-state index is 12.3. The number of anilines is 1. The van der Waals surface area contributed by atoms with Crippen LogP contribution in [0, 0.1) is 0 Å². The number of nitrogens with zero attached hydrogens (tertiary/aromatic N) is 1. The Kier molecular flexibility index (Phi) is 7.05. The van der Waals surface area contributed by atoms with E-state index in [-0.39, 0.29) is 5.91 Å². The maximum Gasteiger partial charge on any atom is 0.262 e. The highest BCUT2D eigenvalue weighted by atomic mass is 16.5. The number of hydrogen-bond acceptors (Lipinski definition) is 6. The number of carbonyl (C=O) groups excluding carboxylic acids is 1. The number of ether oxygens (including phenoxy) is 3. The first-order valence-corrected chi connectivity index (χ1v) is 8.45. The molecule has 1 atom stereocenters. The lowest BCUT2D eigenvalue weighted by Gasteiger charge is -2.14. The van der Waals surface area contributed by atoms with Crippen LogP contribution in [-0.2, 0) is 4.79 Å². The lowest BCUT2D eigenvalue weighted by molar-refractivity contribution is -0.121. The van der Waals surface area contributed by atoms with Crippen LogP contribution >= 0.6 is 0 Å². The second-order valence-electron chi connectivity index (χ2n) is 5.83. The van der Waals surface area contributed by atoms with Gasteiger partial charge in [0.25, 0.3) is 5.91 Å². The van der Waals surface area contributed by atoms with Crippen molar-refractivity contribution in [2.24, 2.45) is 5.10 Å². The minimum absolute atomic E-state index is 0.252. The maximum absolute atomic E-state index is 12.3. The molecule has 0 heterocycles. The third-order valence-corrected chi connectivity index (χ3v) is 4.00. The van der Waals surface area contributed by atoms with E-state index in [0.717, 1.165) is 17.0 Å². The van der Waals surface area contributed by atoms with Gasteiger partial charge in [0.1, 0.15) is 23.3 Å². The molecule has 0 aliphatic rings. The molecular weight excluding hydrogens is 346 g/mol. The van der Waals surface area contributed by atoms with E-state index >= 15 is 0 Å². The predicted molar refractivity (Wildman–Crippen MR) is 106 cm³/mol. The topological polar surface area (TPSA) is 81.2 Å². The highest BCUT2D eigenvalue weighted by Gasteiger charge is 2.13. The summed E-state index contributed by atoms with van der Waals surface area (Å²) in [6.45, 7) is 3.56. The van der Waals surface area contributed by atoms with Gasteiger partial charge in [-0.05, 0) is 50.2 Å². The summed E-state index contributed by atoms with van der Waals surface area (Å²) < 4.78 is 15.7. The fourth-order valence-corrected chi connectivity index (χ4v) is 2.40. The monoisotopic (exact) mass is 371 g/mol. The van der Waals surface area contributed by atoms with Crippen LogP contribution in [0.1, 0.15) is 19.4 Å². The molecule has 0 spiro atoms. The van der Waals surface area contributed by atoms with Gasteiger partial charge in [0.15, 0.2) is 0 Å². The van der Waals surface area contributed by atoms with Gasteiger partial charge in [0.2, 0.25) is 0 Å². The number of methoxy groups -OCH3 is 3. The quantitative estimate of drug-likeness (QED) is 0.551. The largest absolute Gasteiger partial charge is 0.497 e. The molecule has 2 aromatic rings. The Morgan fingerprint density at radius 2 is 1.59 bits per heavy atom. The number of hydrazone groups is 1. The van der Waals surface area contributed by atoms with Crippen LogP contribution in [0.25, 0.3) is 0 Å². The van der Waals surface area contributed by atoms with Crippen molar-refractivity contribution in [1.82, 2.24) is 5.43 Å². The van der Waals surface area contributed by atoms with Crippen LogP contribution in [-0.4, -0.2) is 39.0 Å². The Morgan fingerprint density at radius 1 is 0.963 bits per heavy atom. The Hall–Kier alpha value is -3.22. The fraction of sp³-hybridized carbons (Fsp3) is 0.300. The summed E-state index contributed by atoms with van der Waals surface area (Å²) in [5, 5.41) is 7.30. The van der Waals surface area contributed by atoms with Gasteiger partial charge in [-0.2, -0.15) is 5.10 Å². The zero-order chi connectivity index (χ0) is 19.8. The van der Waals surface area contributed by atoms with Crippen LogP contribution in [0.4, 0.5) is 5.69 Å². The molecule has 1 amide bonds. The van der Waals surface area contributed by atoms with Crippen LogP contribution in [0.5, 0.6) is 17.2 Å². The summed E-state index contributed by atoms with van der Waals surface area (Å²) in [5.41, 5.74) is 4.79. The third kappa shape index (κ3) is 5.37. The SMILES string of the molecule is COc1ccc(NC(C)C(=O)NN=C(C)c2ccc(OC)cc2OC)cc1. The van der Waals surface area contributed by atoms with E-state index in [1.165, 1.54) is 0 Å². The average Bonchev–Trinajstić information content (AvgIpc) is 2.71. The molecule has 144 valence electrons. The third-order valence-electron chi connectivity index (χ3n) is 4.00. The normalized spacial score (nSPS) is 12.1. The number of rotatable bonds is 8. The molecule has 0 saturated carbocycles. The smallest absolute Gasteiger partial charge is 0.262 e. The molecule has 7 nitrogen and oxygen atoms in total. The predicted octanol–water partition coefficient (Wildman–Crippen LogP) is 3.05. The fourth-order valence-electron chi connectivity index (χ4n) is 2.40. The van der Waals surface area contributed by atoms with Crippen molar-refractivity contribution >= 4 is 17.3 Å². The summed E-state index contributed by atoms with van der Waals surface area (Å²) in [4.78, 5) is 12.3.